The summed E-state index contributed by atoms with van der Waals surface area (Å²) < 4.78 is 0. The van der Waals surface area contributed by atoms with Crippen LogP contribution in [0, 0.1) is 0 Å². The fourth-order valence-electron chi connectivity index (χ4n) is 0. The topological polar surface area (TPSA) is 0 Å². The molecule has 0 heterocycles. The molecule has 0 N–H and O–H groups in total. The van der Waals surface area contributed by atoms with E-state index in [1.807, 2.05) is 0 Å². The molecule has 0 aliphatic heterocycles. The van der Waals surface area contributed by atoms with Crippen LogP contribution in [0.5, 0.6) is 0 Å². The summed E-state index contributed by atoms with van der Waals surface area (Å²) in [6.45, 7) is 4.25. The second-order valence-electron chi connectivity index (χ2n) is 0.707. The molecular weight excluding hydrogens is 112 g/mol. The van der Waals surface area contributed by atoms with Gasteiger partial charge in [-0.1, -0.05) is 27.7 Å². The number of halogens is 1. The zero-order chi connectivity index (χ0) is 4.71. The molecule has 0 aliphatic rings. The molecule has 6 heavy (non-hydrogen) atoms. The van der Waals surface area contributed by atoms with Gasteiger partial charge in [0, 0.05) is 0 Å². The summed E-state index contributed by atoms with van der Waals surface area (Å²) in [7, 11) is 0.778. The van der Waals surface area contributed by atoms with Gasteiger partial charge in [-0.2, -0.15) is 11.1 Å². The van der Waals surface area contributed by atoms with E-state index in [4.69, 9.17) is 11.1 Å². The Morgan fingerprint density at radius 1 is 1.33 bits per heavy atom. The van der Waals surface area contributed by atoms with Gasteiger partial charge in [0.2, 0.25) is 0 Å². The Labute approximate surface area is 49.0 Å². The van der Waals surface area contributed by atoms with Crippen molar-refractivity contribution in [1.29, 1.82) is 0 Å². The third-order valence-electron chi connectivity index (χ3n) is 0. The predicted octanol–water partition coefficient (Wildman–Crippen LogP) is 1.56. The smallest absolute Gasteiger partial charge is 0.109 e. The molecule has 0 aromatic rings. The maximum Gasteiger partial charge on any atom is 0.109 e. The van der Waals surface area contributed by atoms with Crippen LogP contribution >= 0.6 is 11.1 Å². The van der Waals surface area contributed by atoms with Gasteiger partial charge < -0.3 is 0 Å². The van der Waals surface area contributed by atoms with E-state index in [9.17, 15) is 0 Å². The van der Waals surface area contributed by atoms with Crippen LogP contribution in [0.25, 0.3) is 0 Å². The van der Waals surface area contributed by atoms with E-state index in [2.05, 4.69) is 13.8 Å². The Hall–Kier alpha value is 0.507. The van der Waals surface area contributed by atoms with Crippen molar-refractivity contribution in [2.45, 2.75) is 27.7 Å². The standard InChI is InChI=1S/C3H8.CH4.ClH3Si/c1-3-2;;1-2/h3H2,1-2H3;1H4;2H3. The molecule has 42 valence electrons. The first-order valence-corrected chi connectivity index (χ1v) is 4.82. The first-order valence-electron chi connectivity index (χ1n) is 1.79. The zero-order valence-electron chi connectivity index (χ0n) is 4.09. The highest BCUT2D eigenvalue weighted by molar-refractivity contribution is 6.80. The van der Waals surface area contributed by atoms with E-state index in [1.54, 1.807) is 0 Å². The van der Waals surface area contributed by atoms with E-state index >= 15 is 0 Å². The van der Waals surface area contributed by atoms with Crippen molar-refractivity contribution in [1.82, 2.24) is 0 Å². The highest BCUT2D eigenvalue weighted by atomic mass is 35.6. The molecule has 0 atom stereocenters. The van der Waals surface area contributed by atoms with Crippen LogP contribution in [0.2, 0.25) is 0 Å². The average Bonchev–Trinajstić information content (AvgIpc) is 1.46. The van der Waals surface area contributed by atoms with E-state index < -0.39 is 0 Å². The van der Waals surface area contributed by atoms with E-state index in [0.29, 0.717) is 0 Å². The van der Waals surface area contributed by atoms with Gasteiger partial charge in [-0.3, -0.25) is 0 Å². The second-order valence-corrected chi connectivity index (χ2v) is 0.707. The molecule has 0 amide bonds. The normalized spacial score (nSPS) is 4.50. The minimum atomic E-state index is 0. The molecule has 0 aliphatic carbocycles. The molecule has 0 fully saturated rings. The number of rotatable bonds is 0. The van der Waals surface area contributed by atoms with E-state index in [0.717, 1.165) is 9.55 Å². The van der Waals surface area contributed by atoms with Gasteiger partial charge in [0.25, 0.3) is 0 Å². The third-order valence-corrected chi connectivity index (χ3v) is 0. The zero-order valence-corrected chi connectivity index (χ0v) is 6.84. The largest absolute Gasteiger partial charge is 0.181 e. The Kier molecular flexibility index (Phi) is 132. The lowest BCUT2D eigenvalue weighted by molar-refractivity contribution is 1.09. The Morgan fingerprint density at radius 2 is 1.33 bits per heavy atom. The Bertz CT molecular complexity index is 7.51. The first kappa shape index (κ1) is 16.0. The quantitative estimate of drug-likeness (QED) is 0.342. The molecule has 2 heteroatoms. The molecular formula is C4H15ClSi. The summed E-state index contributed by atoms with van der Waals surface area (Å²) in [5.74, 6) is 0. The van der Waals surface area contributed by atoms with Crippen molar-refractivity contribution < 1.29 is 0 Å². The van der Waals surface area contributed by atoms with Crippen molar-refractivity contribution in [3.8, 4) is 0 Å². The minimum Gasteiger partial charge on any atom is -0.181 e. The molecule has 0 radical (unpaired) electrons. The molecule has 0 aromatic carbocycles. The van der Waals surface area contributed by atoms with Crippen LogP contribution in [0.4, 0.5) is 0 Å². The molecule has 0 saturated carbocycles. The van der Waals surface area contributed by atoms with Crippen LogP contribution < -0.4 is 0 Å². The first-order chi connectivity index (χ1) is 2.41. The van der Waals surface area contributed by atoms with Crippen LogP contribution in [-0.2, 0) is 0 Å². The minimum absolute atomic E-state index is 0. The SMILES string of the molecule is C.CCC.[SiH3]Cl. The second kappa shape index (κ2) is 49.3. The van der Waals surface area contributed by atoms with Gasteiger partial charge in [-0.25, -0.2) is 0 Å². The van der Waals surface area contributed by atoms with Gasteiger partial charge in [-0.15, -0.1) is 0 Å². The number of hydrogen-bond donors (Lipinski definition) is 0. The van der Waals surface area contributed by atoms with Crippen LogP contribution in [0.3, 0.4) is 0 Å². The summed E-state index contributed by atoms with van der Waals surface area (Å²) in [4.78, 5) is 0. The summed E-state index contributed by atoms with van der Waals surface area (Å²) in [5, 5.41) is 0. The Balaban J connectivity index is -0.0000000275. The van der Waals surface area contributed by atoms with E-state index in [-0.39, 0.29) is 7.43 Å². The lowest BCUT2D eigenvalue weighted by Crippen LogP contribution is -1.27. The summed E-state index contributed by atoms with van der Waals surface area (Å²) in [5.41, 5.74) is 0. The predicted molar refractivity (Wildman–Crippen MR) is 38.5 cm³/mol. The highest BCUT2D eigenvalue weighted by Crippen LogP contribution is 1.56. The van der Waals surface area contributed by atoms with Crippen molar-refractivity contribution in [3.63, 3.8) is 0 Å². The molecule has 0 unspecified atom stereocenters. The fourth-order valence-corrected chi connectivity index (χ4v) is 0. The molecule has 0 nitrogen and oxygen atoms in total. The summed E-state index contributed by atoms with van der Waals surface area (Å²) >= 11 is 4.78. The lowest BCUT2D eigenvalue weighted by Gasteiger charge is -1.48. The molecule has 0 rings (SSSR count). The monoisotopic (exact) mass is 126 g/mol. The van der Waals surface area contributed by atoms with Gasteiger partial charge in [0.05, 0.1) is 0 Å². The summed E-state index contributed by atoms with van der Waals surface area (Å²) in [6.07, 6.45) is 1.25. The number of hydrogen-bond acceptors (Lipinski definition) is 0. The van der Waals surface area contributed by atoms with Crippen molar-refractivity contribution in [3.05, 3.63) is 0 Å². The van der Waals surface area contributed by atoms with Crippen molar-refractivity contribution in [2.24, 2.45) is 0 Å². The third kappa shape index (κ3) is 216. The van der Waals surface area contributed by atoms with E-state index in [1.165, 1.54) is 6.42 Å². The van der Waals surface area contributed by atoms with Crippen molar-refractivity contribution >= 4 is 20.6 Å². The van der Waals surface area contributed by atoms with Gasteiger partial charge in [-0.05, 0) is 0 Å². The molecule has 0 aromatic heterocycles. The summed E-state index contributed by atoms with van der Waals surface area (Å²) in [6, 6.07) is 0. The van der Waals surface area contributed by atoms with Crippen LogP contribution in [0.15, 0.2) is 0 Å². The average molecular weight is 127 g/mol. The maximum absolute atomic E-state index is 4.78. The fraction of sp³-hybridized carbons (Fsp3) is 1.00. The van der Waals surface area contributed by atoms with Crippen molar-refractivity contribution in [2.75, 3.05) is 0 Å². The highest BCUT2D eigenvalue weighted by Gasteiger charge is 1.35. The van der Waals surface area contributed by atoms with Gasteiger partial charge in [0.15, 0.2) is 0 Å². The maximum atomic E-state index is 4.78. The van der Waals surface area contributed by atoms with Gasteiger partial charge >= 0.3 is 0 Å². The van der Waals surface area contributed by atoms with Crippen LogP contribution in [0.1, 0.15) is 27.7 Å². The Morgan fingerprint density at radius 3 is 1.33 bits per heavy atom. The molecule has 0 bridgehead atoms. The lowest BCUT2D eigenvalue weighted by atomic mass is 10.6. The molecule has 0 spiro atoms. The molecule has 0 saturated heterocycles. The van der Waals surface area contributed by atoms with Gasteiger partial charge in [0.1, 0.15) is 9.55 Å². The van der Waals surface area contributed by atoms with Crippen LogP contribution in [-0.4, -0.2) is 9.55 Å².